The number of rotatable bonds is 2. The van der Waals surface area contributed by atoms with E-state index in [4.69, 9.17) is 16.3 Å². The number of hydrogen-bond donors (Lipinski definition) is 0. The smallest absolute Gasteiger partial charge is 0.318 e. The predicted octanol–water partition coefficient (Wildman–Crippen LogP) is 4.96. The number of aromatic nitrogens is 1. The van der Waals surface area contributed by atoms with Crippen molar-refractivity contribution in [3.05, 3.63) is 70.4 Å². The molecule has 1 aromatic heterocycles. The number of benzene rings is 2. The van der Waals surface area contributed by atoms with Gasteiger partial charge >= 0.3 is 5.97 Å². The van der Waals surface area contributed by atoms with Gasteiger partial charge < -0.3 is 4.74 Å². The molecular weight excluding hydrogens is 362 g/mol. The van der Waals surface area contributed by atoms with Crippen LogP contribution in [0.1, 0.15) is 40.4 Å². The van der Waals surface area contributed by atoms with E-state index in [1.165, 1.54) is 7.11 Å². The Morgan fingerprint density at radius 3 is 2.52 bits per heavy atom. The first-order chi connectivity index (χ1) is 13.0. The zero-order valence-corrected chi connectivity index (χ0v) is 16.0. The van der Waals surface area contributed by atoms with E-state index in [-0.39, 0.29) is 11.8 Å². The lowest BCUT2D eigenvalue weighted by Gasteiger charge is -2.18. The number of nitrogens with zero attached hydrogens (tertiary/aromatic N) is 1. The van der Waals surface area contributed by atoms with Gasteiger partial charge in [0.15, 0.2) is 0 Å². The van der Waals surface area contributed by atoms with Crippen molar-refractivity contribution in [1.29, 1.82) is 0 Å². The highest BCUT2D eigenvalue weighted by Crippen LogP contribution is 2.41. The fourth-order valence-corrected chi connectivity index (χ4v) is 4.33. The van der Waals surface area contributed by atoms with Crippen LogP contribution in [0.4, 0.5) is 0 Å². The average Bonchev–Trinajstić information content (AvgIpc) is 2.88. The maximum absolute atomic E-state index is 13.3. The maximum Gasteiger partial charge on any atom is 0.318 e. The van der Waals surface area contributed by atoms with E-state index in [0.29, 0.717) is 17.9 Å². The summed E-state index contributed by atoms with van der Waals surface area (Å²) in [6.07, 6.45) is 1.14. The molecule has 0 aliphatic carbocycles. The summed E-state index contributed by atoms with van der Waals surface area (Å²) in [5.74, 6) is -1.47. The van der Waals surface area contributed by atoms with Crippen LogP contribution in [0.15, 0.2) is 48.5 Å². The summed E-state index contributed by atoms with van der Waals surface area (Å²) >= 11 is 6.06. The quantitative estimate of drug-likeness (QED) is 0.465. The number of hydrogen-bond acceptors (Lipinski definition) is 3. The van der Waals surface area contributed by atoms with Crippen LogP contribution < -0.4 is 0 Å². The van der Waals surface area contributed by atoms with E-state index in [1.54, 1.807) is 4.57 Å². The molecule has 3 aromatic rings. The van der Waals surface area contributed by atoms with Crippen molar-refractivity contribution in [3.8, 4) is 0 Å². The topological polar surface area (TPSA) is 48.3 Å². The molecule has 4 rings (SSSR count). The molecule has 1 aliphatic heterocycles. The molecule has 0 saturated carbocycles. The van der Waals surface area contributed by atoms with E-state index >= 15 is 0 Å². The van der Waals surface area contributed by atoms with Crippen molar-refractivity contribution in [3.63, 3.8) is 0 Å². The Labute approximate surface area is 162 Å². The van der Waals surface area contributed by atoms with Gasteiger partial charge in [-0.3, -0.25) is 14.2 Å². The first-order valence-corrected chi connectivity index (χ1v) is 9.38. The van der Waals surface area contributed by atoms with E-state index in [9.17, 15) is 9.59 Å². The van der Waals surface area contributed by atoms with Crippen LogP contribution in [0.25, 0.3) is 10.9 Å². The lowest BCUT2D eigenvalue weighted by atomic mass is 9.87. The van der Waals surface area contributed by atoms with E-state index < -0.39 is 11.9 Å². The lowest BCUT2D eigenvalue weighted by molar-refractivity contribution is -0.144. The second-order valence-electron chi connectivity index (χ2n) is 6.96. The predicted molar refractivity (Wildman–Crippen MR) is 105 cm³/mol. The first kappa shape index (κ1) is 17.8. The fourth-order valence-electron chi connectivity index (χ4n) is 4.21. The van der Waals surface area contributed by atoms with E-state index in [1.807, 2.05) is 55.5 Å². The molecule has 0 bridgehead atoms. The Morgan fingerprint density at radius 1 is 1.11 bits per heavy atom. The van der Waals surface area contributed by atoms with Gasteiger partial charge in [-0.2, -0.15) is 0 Å². The van der Waals surface area contributed by atoms with Crippen LogP contribution in [0.5, 0.6) is 0 Å². The molecule has 0 amide bonds. The zero-order valence-electron chi connectivity index (χ0n) is 15.2. The summed E-state index contributed by atoms with van der Waals surface area (Å²) in [5.41, 5.74) is 3.95. The van der Waals surface area contributed by atoms with Crippen molar-refractivity contribution < 1.29 is 14.3 Å². The summed E-state index contributed by atoms with van der Waals surface area (Å²) in [6.45, 7) is 2.04. The van der Waals surface area contributed by atoms with Crippen molar-refractivity contribution in [2.75, 3.05) is 7.11 Å². The Balaban J connectivity index is 1.98. The van der Waals surface area contributed by atoms with Crippen molar-refractivity contribution in [1.82, 2.24) is 4.57 Å². The number of carbonyl (C=O) groups excluding carboxylic acids is 2. The van der Waals surface area contributed by atoms with E-state index in [0.717, 1.165) is 27.7 Å². The molecular formula is C22H20ClNO3. The largest absolute Gasteiger partial charge is 0.468 e. The maximum atomic E-state index is 13.3. The van der Waals surface area contributed by atoms with Gasteiger partial charge in [-0.25, -0.2) is 0 Å². The number of aryl methyl sites for hydroxylation is 1. The van der Waals surface area contributed by atoms with Crippen molar-refractivity contribution in [2.45, 2.75) is 25.7 Å². The van der Waals surface area contributed by atoms with Crippen molar-refractivity contribution in [2.24, 2.45) is 5.92 Å². The number of esters is 1. The molecule has 5 heteroatoms. The Bertz CT molecular complexity index is 1040. The van der Waals surface area contributed by atoms with Gasteiger partial charge in [0.1, 0.15) is 5.92 Å². The second kappa shape index (κ2) is 6.86. The highest BCUT2D eigenvalue weighted by molar-refractivity contribution is 6.30. The summed E-state index contributed by atoms with van der Waals surface area (Å²) in [5, 5.41) is 1.71. The molecule has 4 nitrogen and oxygen atoms in total. The fraction of sp³-hybridized carbons (Fsp3) is 0.273. The summed E-state index contributed by atoms with van der Waals surface area (Å²) in [6, 6.07) is 15.6. The monoisotopic (exact) mass is 381 g/mol. The molecule has 2 atom stereocenters. The molecule has 0 spiro atoms. The first-order valence-electron chi connectivity index (χ1n) is 9.00. The van der Waals surface area contributed by atoms with E-state index in [2.05, 4.69) is 0 Å². The number of methoxy groups -OCH3 is 1. The van der Waals surface area contributed by atoms with Crippen LogP contribution >= 0.6 is 11.6 Å². The Kier molecular flexibility index (Phi) is 4.52. The minimum atomic E-state index is -0.791. The van der Waals surface area contributed by atoms with Gasteiger partial charge in [-0.15, -0.1) is 0 Å². The third-order valence-electron chi connectivity index (χ3n) is 5.52. The molecule has 27 heavy (non-hydrogen) atoms. The standard InChI is InChI=1S/C22H20ClNO3/c1-13-16-5-3-4-6-19(16)24-20(13)17(14-7-9-15(23)10-8-14)11-12-18(21(24)25)22(26)27-2/h3-10,17-18H,11-12H2,1-2H3/t17-,18-/m0/s1. The number of fused-ring (bicyclic) bond motifs is 3. The van der Waals surface area contributed by atoms with Crippen LogP contribution in [0, 0.1) is 12.8 Å². The number of para-hydroxylation sites is 1. The van der Waals surface area contributed by atoms with Crippen LogP contribution in [0.3, 0.4) is 0 Å². The summed E-state index contributed by atoms with van der Waals surface area (Å²) in [7, 11) is 1.33. The highest BCUT2D eigenvalue weighted by Gasteiger charge is 2.38. The minimum Gasteiger partial charge on any atom is -0.468 e. The Morgan fingerprint density at radius 2 is 1.81 bits per heavy atom. The second-order valence-corrected chi connectivity index (χ2v) is 7.39. The third kappa shape index (κ3) is 2.85. The zero-order chi connectivity index (χ0) is 19.1. The van der Waals surface area contributed by atoms with Gasteiger partial charge in [0.2, 0.25) is 5.91 Å². The summed E-state index contributed by atoms with van der Waals surface area (Å²) in [4.78, 5) is 25.6. The molecule has 0 N–H and O–H groups in total. The van der Waals surface area contributed by atoms with Gasteiger partial charge in [0, 0.05) is 22.0 Å². The number of ether oxygens (including phenoxy) is 1. The highest BCUT2D eigenvalue weighted by atomic mass is 35.5. The van der Waals surface area contributed by atoms with Crippen LogP contribution in [-0.2, 0) is 9.53 Å². The lowest BCUT2D eigenvalue weighted by Crippen LogP contribution is -2.29. The molecule has 0 unspecified atom stereocenters. The van der Waals surface area contributed by atoms with Crippen LogP contribution in [0.2, 0.25) is 5.02 Å². The SMILES string of the molecule is COC(=O)[C@H]1CC[C@@H](c2ccc(Cl)cc2)c2c(C)c3ccccc3n2C1=O. The minimum absolute atomic E-state index is 0.00766. The molecule has 0 fully saturated rings. The molecule has 1 aliphatic rings. The van der Waals surface area contributed by atoms with Gasteiger partial charge in [0.05, 0.1) is 12.6 Å². The van der Waals surface area contributed by atoms with Crippen LogP contribution in [-0.4, -0.2) is 23.6 Å². The average molecular weight is 382 g/mol. The molecule has 0 radical (unpaired) electrons. The molecule has 0 saturated heterocycles. The molecule has 2 aromatic carbocycles. The number of halogens is 1. The van der Waals surface area contributed by atoms with Crippen molar-refractivity contribution >= 4 is 34.4 Å². The number of carbonyl (C=O) groups is 2. The third-order valence-corrected chi connectivity index (χ3v) is 5.78. The molecule has 2 heterocycles. The Hall–Kier alpha value is -2.59. The summed E-state index contributed by atoms with van der Waals surface area (Å²) < 4.78 is 6.65. The molecule has 138 valence electrons. The normalized spacial score (nSPS) is 19.6. The van der Waals surface area contributed by atoms with Gasteiger partial charge in [0.25, 0.3) is 0 Å². The van der Waals surface area contributed by atoms with Gasteiger partial charge in [-0.05, 0) is 49.1 Å². The van der Waals surface area contributed by atoms with Gasteiger partial charge in [-0.1, -0.05) is 41.9 Å².